The van der Waals surface area contributed by atoms with Crippen LogP contribution in [0.5, 0.6) is 0 Å². The molecule has 1 atom stereocenters. The zero-order valence-corrected chi connectivity index (χ0v) is 51.6. The van der Waals surface area contributed by atoms with Gasteiger partial charge in [0.05, 0.1) is 0 Å². The van der Waals surface area contributed by atoms with E-state index in [2.05, 4.69) is 142 Å². The topological polar surface area (TPSA) is 78.9 Å². The Kier molecular flexibility index (Phi) is 62.8. The summed E-state index contributed by atoms with van der Waals surface area (Å²) in [5, 5.41) is 0. The van der Waals surface area contributed by atoms with Crippen molar-refractivity contribution in [3.63, 3.8) is 0 Å². The lowest BCUT2D eigenvalue weighted by atomic mass is 10.1. The number of allylic oxidation sites excluding steroid dienone is 20. The van der Waals surface area contributed by atoms with Crippen LogP contribution in [0.15, 0.2) is 122 Å². The van der Waals surface area contributed by atoms with Crippen molar-refractivity contribution >= 4 is 17.9 Å². The average Bonchev–Trinajstić information content (AvgIpc) is 3.45. The van der Waals surface area contributed by atoms with E-state index < -0.39 is 6.10 Å². The van der Waals surface area contributed by atoms with Crippen molar-refractivity contribution < 1.29 is 28.6 Å². The van der Waals surface area contributed by atoms with Gasteiger partial charge in [-0.25, -0.2) is 0 Å². The Morgan fingerprint density at radius 1 is 0.266 bits per heavy atom. The molecular weight excluding hydrogens is 973 g/mol. The molecular formula is C73H122O6. The summed E-state index contributed by atoms with van der Waals surface area (Å²) in [5.74, 6) is -0.928. The van der Waals surface area contributed by atoms with E-state index in [0.29, 0.717) is 19.3 Å². The van der Waals surface area contributed by atoms with Crippen LogP contribution in [0.2, 0.25) is 0 Å². The highest BCUT2D eigenvalue weighted by molar-refractivity contribution is 5.71. The summed E-state index contributed by atoms with van der Waals surface area (Å²) in [6, 6.07) is 0. The third kappa shape index (κ3) is 64.5. The fourth-order valence-corrected chi connectivity index (χ4v) is 8.98. The summed E-state index contributed by atoms with van der Waals surface area (Å²) in [5.41, 5.74) is 0. The van der Waals surface area contributed by atoms with E-state index in [1.54, 1.807) is 0 Å². The molecule has 0 aliphatic heterocycles. The second-order valence-electron chi connectivity index (χ2n) is 21.6. The standard InChI is InChI=1S/C73H122O6/c1-4-7-10-13-16-19-22-25-28-31-34-35-36-37-40-42-45-48-51-54-57-60-63-66-72(75)78-69-70(79-73(76)67-64-61-58-55-52-49-46-43-39-33-30-27-24-21-18-15-12-9-6-3)68-77-71(74)65-62-59-56-53-50-47-44-41-38-32-29-26-23-20-17-14-11-8-5-2/h7,10,16,18-19,21,25-30,34-35,37,39-40,43,45,48,70H,4-6,8-9,11-15,17,20,22-24,31-33,36,38,41-42,44,46-47,49-69H2,1-3H3/b10-7-,19-16-,21-18-,28-25-,29-26-,30-27-,35-34-,40-37-,43-39-,48-45-. The van der Waals surface area contributed by atoms with Gasteiger partial charge in [0.15, 0.2) is 6.10 Å². The Morgan fingerprint density at radius 2 is 0.494 bits per heavy atom. The molecule has 0 aromatic carbocycles. The molecule has 0 bridgehead atoms. The molecule has 1 unspecified atom stereocenters. The van der Waals surface area contributed by atoms with Crippen LogP contribution < -0.4 is 0 Å². The number of unbranched alkanes of at least 4 members (excludes halogenated alkanes) is 28. The average molecular weight is 1100 g/mol. The molecule has 6 nitrogen and oxygen atoms in total. The van der Waals surface area contributed by atoms with Crippen molar-refractivity contribution in [2.24, 2.45) is 0 Å². The Labute approximate surface area is 488 Å². The Morgan fingerprint density at radius 3 is 0.810 bits per heavy atom. The second-order valence-corrected chi connectivity index (χ2v) is 21.6. The molecule has 79 heavy (non-hydrogen) atoms. The molecule has 0 rings (SSSR count). The number of hydrogen-bond donors (Lipinski definition) is 0. The number of esters is 3. The van der Waals surface area contributed by atoms with Crippen LogP contribution in [0.1, 0.15) is 303 Å². The first-order valence-electron chi connectivity index (χ1n) is 33.0. The third-order valence-electron chi connectivity index (χ3n) is 13.9. The first-order chi connectivity index (χ1) is 39.0. The lowest BCUT2D eigenvalue weighted by molar-refractivity contribution is -0.167. The molecule has 0 fully saturated rings. The van der Waals surface area contributed by atoms with E-state index in [-0.39, 0.29) is 31.1 Å². The molecule has 0 saturated heterocycles. The molecule has 6 heteroatoms. The Balaban J connectivity index is 4.47. The highest BCUT2D eigenvalue weighted by Gasteiger charge is 2.19. The summed E-state index contributed by atoms with van der Waals surface area (Å²) < 4.78 is 16.9. The van der Waals surface area contributed by atoms with E-state index in [4.69, 9.17) is 14.2 Å². The van der Waals surface area contributed by atoms with Gasteiger partial charge in [-0.2, -0.15) is 0 Å². The van der Waals surface area contributed by atoms with Gasteiger partial charge < -0.3 is 14.2 Å². The van der Waals surface area contributed by atoms with Gasteiger partial charge in [0.1, 0.15) is 13.2 Å². The Hall–Kier alpha value is -4.19. The van der Waals surface area contributed by atoms with Crippen LogP contribution >= 0.6 is 0 Å². The van der Waals surface area contributed by atoms with Gasteiger partial charge in [0, 0.05) is 19.3 Å². The number of rotatable bonds is 59. The summed E-state index contributed by atoms with van der Waals surface area (Å²) in [6.07, 6.45) is 91.9. The van der Waals surface area contributed by atoms with Crippen molar-refractivity contribution in [1.82, 2.24) is 0 Å². The van der Waals surface area contributed by atoms with Crippen LogP contribution in [0, 0.1) is 0 Å². The molecule has 0 amide bonds. The number of carbonyl (C=O) groups is 3. The molecule has 0 radical (unpaired) electrons. The van der Waals surface area contributed by atoms with Crippen LogP contribution in [0.25, 0.3) is 0 Å². The van der Waals surface area contributed by atoms with E-state index >= 15 is 0 Å². The van der Waals surface area contributed by atoms with E-state index in [9.17, 15) is 14.4 Å². The molecule has 0 N–H and O–H groups in total. The van der Waals surface area contributed by atoms with E-state index in [0.717, 1.165) is 135 Å². The molecule has 450 valence electrons. The van der Waals surface area contributed by atoms with Gasteiger partial charge in [-0.1, -0.05) is 271 Å². The molecule has 0 aliphatic rings. The molecule has 0 heterocycles. The normalized spacial score (nSPS) is 12.9. The SMILES string of the molecule is CC/C=C\C/C=C\C/C=C\C/C=C\C/C=C\C/C=C\CCCCCCC(=O)OCC(COC(=O)CCCCCCCCCCC/C=C\CCCCCCCC)OC(=O)CCCCCCCC/C=C\C/C=C\C/C=C\CCCCC. The maximum atomic E-state index is 12.9. The number of ether oxygens (including phenoxy) is 3. The highest BCUT2D eigenvalue weighted by atomic mass is 16.6. The molecule has 0 aromatic heterocycles. The van der Waals surface area contributed by atoms with Crippen molar-refractivity contribution in [1.29, 1.82) is 0 Å². The van der Waals surface area contributed by atoms with Crippen molar-refractivity contribution in [3.05, 3.63) is 122 Å². The van der Waals surface area contributed by atoms with Crippen LogP contribution in [-0.2, 0) is 28.6 Å². The first-order valence-corrected chi connectivity index (χ1v) is 33.0. The van der Waals surface area contributed by atoms with Gasteiger partial charge in [-0.05, 0) is 135 Å². The number of carbonyl (C=O) groups excluding carboxylic acids is 3. The lowest BCUT2D eigenvalue weighted by Gasteiger charge is -2.18. The predicted molar refractivity (Wildman–Crippen MR) is 343 cm³/mol. The lowest BCUT2D eigenvalue weighted by Crippen LogP contribution is -2.30. The van der Waals surface area contributed by atoms with Gasteiger partial charge >= 0.3 is 17.9 Å². The number of hydrogen-bond acceptors (Lipinski definition) is 6. The molecule has 0 spiro atoms. The smallest absolute Gasteiger partial charge is 0.306 e. The zero-order chi connectivity index (χ0) is 57.1. The largest absolute Gasteiger partial charge is 0.462 e. The van der Waals surface area contributed by atoms with Crippen LogP contribution in [-0.4, -0.2) is 37.2 Å². The van der Waals surface area contributed by atoms with Crippen molar-refractivity contribution in [2.75, 3.05) is 13.2 Å². The van der Waals surface area contributed by atoms with E-state index in [1.165, 1.54) is 128 Å². The molecule has 0 aromatic rings. The van der Waals surface area contributed by atoms with Gasteiger partial charge in [-0.15, -0.1) is 0 Å². The minimum atomic E-state index is -0.802. The fourth-order valence-electron chi connectivity index (χ4n) is 8.98. The second kappa shape index (κ2) is 66.3. The maximum absolute atomic E-state index is 12.9. The minimum Gasteiger partial charge on any atom is -0.462 e. The highest BCUT2D eigenvalue weighted by Crippen LogP contribution is 2.15. The fraction of sp³-hybridized carbons (Fsp3) is 0.685. The van der Waals surface area contributed by atoms with Crippen molar-refractivity contribution in [3.8, 4) is 0 Å². The monoisotopic (exact) mass is 1090 g/mol. The van der Waals surface area contributed by atoms with E-state index in [1.807, 2.05) is 0 Å². The van der Waals surface area contributed by atoms with Crippen LogP contribution in [0.3, 0.4) is 0 Å². The van der Waals surface area contributed by atoms with Crippen LogP contribution in [0.4, 0.5) is 0 Å². The summed E-state index contributed by atoms with van der Waals surface area (Å²) in [6.45, 7) is 6.48. The summed E-state index contributed by atoms with van der Waals surface area (Å²) in [7, 11) is 0. The quantitative estimate of drug-likeness (QED) is 0.0261. The summed E-state index contributed by atoms with van der Waals surface area (Å²) in [4.78, 5) is 38.4. The maximum Gasteiger partial charge on any atom is 0.306 e. The van der Waals surface area contributed by atoms with Crippen molar-refractivity contribution in [2.45, 2.75) is 309 Å². The summed E-state index contributed by atoms with van der Waals surface area (Å²) >= 11 is 0. The molecule has 0 aliphatic carbocycles. The zero-order valence-electron chi connectivity index (χ0n) is 51.6. The Bertz CT molecular complexity index is 1640. The first kappa shape index (κ1) is 74.8. The predicted octanol–water partition coefficient (Wildman–Crippen LogP) is 22.8. The third-order valence-corrected chi connectivity index (χ3v) is 13.9. The van der Waals surface area contributed by atoms with Gasteiger partial charge in [0.25, 0.3) is 0 Å². The van der Waals surface area contributed by atoms with Gasteiger partial charge in [0.2, 0.25) is 0 Å². The molecule has 0 saturated carbocycles. The minimum absolute atomic E-state index is 0.0946. The van der Waals surface area contributed by atoms with Gasteiger partial charge in [-0.3, -0.25) is 14.4 Å².